The minimum Gasteiger partial charge on any atom is -0.440 e. The van der Waals surface area contributed by atoms with E-state index in [9.17, 15) is 18.0 Å². The van der Waals surface area contributed by atoms with E-state index in [4.69, 9.17) is 0 Å². The van der Waals surface area contributed by atoms with Gasteiger partial charge in [0.1, 0.15) is 0 Å². The lowest BCUT2D eigenvalue weighted by Gasteiger charge is -1.99. The molecule has 0 radical (unpaired) electrons. The fourth-order valence-electron chi connectivity index (χ4n) is 0.552. The molecule has 0 bridgehead atoms. The summed E-state index contributed by atoms with van der Waals surface area (Å²) in [5.74, 6) is -0.794. The molecule has 0 aromatic carbocycles. The first-order valence-electron chi connectivity index (χ1n) is 2.51. The van der Waals surface area contributed by atoms with E-state index in [1.54, 1.807) is 0 Å². The number of alkyl halides is 3. The van der Waals surface area contributed by atoms with E-state index in [2.05, 4.69) is 9.40 Å². The molecule has 0 atom stereocenters. The highest BCUT2D eigenvalue weighted by molar-refractivity contribution is 5.72. The average molecular weight is 165 g/mol. The predicted molar refractivity (Wildman–Crippen MR) is 26.9 cm³/mol. The zero-order valence-corrected chi connectivity index (χ0v) is 5.05. The lowest BCUT2D eigenvalue weighted by molar-refractivity contribution is -0.141. The molecular weight excluding hydrogens is 163 g/mol. The molecule has 0 aliphatic rings. The van der Waals surface area contributed by atoms with Crippen LogP contribution in [0.2, 0.25) is 0 Å². The molecule has 11 heavy (non-hydrogen) atoms. The van der Waals surface area contributed by atoms with Crippen LogP contribution in [0.3, 0.4) is 0 Å². The first kappa shape index (κ1) is 7.77. The highest BCUT2D eigenvalue weighted by Crippen LogP contribution is 2.29. The lowest BCUT2D eigenvalue weighted by atomic mass is 10.3. The van der Waals surface area contributed by atoms with Gasteiger partial charge in [-0.3, -0.25) is 4.79 Å². The van der Waals surface area contributed by atoms with Crippen molar-refractivity contribution in [2.24, 2.45) is 0 Å². The van der Waals surface area contributed by atoms with Gasteiger partial charge in [0, 0.05) is 0 Å². The third-order valence-electron chi connectivity index (χ3n) is 0.970. The number of nitrogens with zero attached hydrogens (tertiary/aromatic N) is 1. The number of oxazole rings is 1. The molecule has 0 N–H and O–H groups in total. The summed E-state index contributed by atoms with van der Waals surface area (Å²) in [6.45, 7) is 0. The molecule has 60 valence electrons. The Bertz CT molecular complexity index is 265. The van der Waals surface area contributed by atoms with Gasteiger partial charge in [-0.1, -0.05) is 0 Å². The van der Waals surface area contributed by atoms with Crippen molar-refractivity contribution in [2.75, 3.05) is 0 Å². The fourth-order valence-corrected chi connectivity index (χ4v) is 0.552. The maximum absolute atomic E-state index is 11.8. The summed E-state index contributed by atoms with van der Waals surface area (Å²) < 4.78 is 39.5. The quantitative estimate of drug-likeness (QED) is 0.592. The second kappa shape index (κ2) is 2.37. The van der Waals surface area contributed by atoms with Crippen LogP contribution in [0.1, 0.15) is 16.2 Å². The van der Waals surface area contributed by atoms with Crippen LogP contribution in [-0.2, 0) is 6.18 Å². The summed E-state index contributed by atoms with van der Waals surface area (Å²) in [7, 11) is 0. The lowest BCUT2D eigenvalue weighted by Crippen LogP contribution is -2.07. The molecule has 0 fully saturated rings. The third kappa shape index (κ3) is 1.39. The van der Waals surface area contributed by atoms with Gasteiger partial charge in [-0.15, -0.1) is 0 Å². The van der Waals surface area contributed by atoms with Crippen molar-refractivity contribution in [1.29, 1.82) is 0 Å². The Hall–Kier alpha value is -1.33. The normalized spacial score (nSPS) is 11.5. The second-order valence-corrected chi connectivity index (χ2v) is 1.68. The highest BCUT2D eigenvalue weighted by Gasteiger charge is 2.37. The van der Waals surface area contributed by atoms with E-state index >= 15 is 0 Å². The van der Waals surface area contributed by atoms with Crippen LogP contribution in [0.4, 0.5) is 13.2 Å². The van der Waals surface area contributed by atoms with Crippen LogP contribution in [0.25, 0.3) is 0 Å². The Labute approximate surface area is 58.8 Å². The van der Waals surface area contributed by atoms with Gasteiger partial charge in [0.15, 0.2) is 24.1 Å². The molecule has 0 unspecified atom stereocenters. The molecule has 1 aromatic rings. The zero-order chi connectivity index (χ0) is 8.48. The fraction of sp³-hybridized carbons (Fsp3) is 0.200. The van der Waals surface area contributed by atoms with E-state index in [1.165, 1.54) is 0 Å². The molecule has 0 spiro atoms. The molecule has 0 amide bonds. The number of aromatic nitrogens is 1. The first-order valence-corrected chi connectivity index (χ1v) is 2.51. The summed E-state index contributed by atoms with van der Waals surface area (Å²) in [5, 5.41) is 0. The van der Waals surface area contributed by atoms with Crippen molar-refractivity contribution in [2.45, 2.75) is 6.18 Å². The molecule has 0 aliphatic heterocycles. The van der Waals surface area contributed by atoms with Crippen molar-refractivity contribution in [3.05, 3.63) is 17.8 Å². The Morgan fingerprint density at radius 2 is 2.18 bits per heavy atom. The number of carbonyl (C=O) groups is 1. The number of hydrogen-bond donors (Lipinski definition) is 0. The van der Waals surface area contributed by atoms with Crippen LogP contribution in [-0.4, -0.2) is 11.3 Å². The highest BCUT2D eigenvalue weighted by atomic mass is 19.4. The van der Waals surface area contributed by atoms with Crippen molar-refractivity contribution in [3.63, 3.8) is 0 Å². The third-order valence-corrected chi connectivity index (χ3v) is 0.970. The van der Waals surface area contributed by atoms with Crippen molar-refractivity contribution in [3.8, 4) is 0 Å². The van der Waals surface area contributed by atoms with Gasteiger partial charge >= 0.3 is 6.18 Å². The average Bonchev–Trinajstić information content (AvgIpc) is 2.31. The molecule has 1 aromatic heterocycles. The van der Waals surface area contributed by atoms with Gasteiger partial charge in [0.25, 0.3) is 0 Å². The molecule has 0 aliphatic carbocycles. The van der Waals surface area contributed by atoms with E-state index in [-0.39, 0.29) is 6.29 Å². The van der Waals surface area contributed by atoms with Crippen LogP contribution in [0.5, 0.6) is 0 Å². The number of rotatable bonds is 1. The summed E-state index contributed by atoms with van der Waals surface area (Å²) >= 11 is 0. The molecule has 0 saturated heterocycles. The van der Waals surface area contributed by atoms with Crippen molar-refractivity contribution < 1.29 is 22.4 Å². The topological polar surface area (TPSA) is 43.1 Å². The maximum atomic E-state index is 11.8. The summed E-state index contributed by atoms with van der Waals surface area (Å²) in [5.41, 5.74) is -1.28. The van der Waals surface area contributed by atoms with Crippen LogP contribution in [0.15, 0.2) is 10.8 Å². The Morgan fingerprint density at radius 1 is 1.55 bits per heavy atom. The molecule has 1 heterocycles. The number of carbonyl (C=O) groups excluding carboxylic acids is 1. The van der Waals surface area contributed by atoms with Crippen LogP contribution in [0, 0.1) is 0 Å². The SMILES string of the molecule is O=Cc1ocnc1C(F)(F)F. The number of hydrogen-bond acceptors (Lipinski definition) is 3. The predicted octanol–water partition coefficient (Wildman–Crippen LogP) is 1.51. The van der Waals surface area contributed by atoms with Crippen molar-refractivity contribution in [1.82, 2.24) is 4.98 Å². The van der Waals surface area contributed by atoms with Gasteiger partial charge in [-0.25, -0.2) is 4.98 Å². The molecule has 1 rings (SSSR count). The van der Waals surface area contributed by atoms with E-state index in [1.807, 2.05) is 0 Å². The van der Waals surface area contributed by atoms with Gasteiger partial charge in [-0.05, 0) is 0 Å². The minimum atomic E-state index is -4.62. The number of aldehydes is 1. The van der Waals surface area contributed by atoms with Crippen molar-refractivity contribution >= 4 is 6.29 Å². The van der Waals surface area contributed by atoms with Crippen LogP contribution >= 0.6 is 0 Å². The summed E-state index contributed by atoms with van der Waals surface area (Å²) in [6, 6.07) is 0. The maximum Gasteiger partial charge on any atom is 0.437 e. The standard InChI is InChI=1S/C5H2F3NO2/c6-5(7,8)4-3(1-10)11-2-9-4/h1-2H. The molecule has 3 nitrogen and oxygen atoms in total. The van der Waals surface area contributed by atoms with Gasteiger partial charge in [-0.2, -0.15) is 13.2 Å². The molecule has 0 saturated carbocycles. The molecule has 6 heteroatoms. The van der Waals surface area contributed by atoms with E-state index < -0.39 is 17.6 Å². The Balaban J connectivity index is 3.12. The second-order valence-electron chi connectivity index (χ2n) is 1.68. The minimum absolute atomic E-state index is 0.0319. The van der Waals surface area contributed by atoms with Gasteiger partial charge < -0.3 is 4.42 Å². The Kier molecular flexibility index (Phi) is 1.67. The largest absolute Gasteiger partial charge is 0.440 e. The zero-order valence-electron chi connectivity index (χ0n) is 5.05. The van der Waals surface area contributed by atoms with E-state index in [0.29, 0.717) is 6.39 Å². The summed E-state index contributed by atoms with van der Waals surface area (Å²) in [6.07, 6.45) is -4.08. The first-order chi connectivity index (χ1) is 5.05. The van der Waals surface area contributed by atoms with Gasteiger partial charge in [0.2, 0.25) is 0 Å². The smallest absolute Gasteiger partial charge is 0.437 e. The van der Waals surface area contributed by atoms with Gasteiger partial charge in [0.05, 0.1) is 0 Å². The van der Waals surface area contributed by atoms with Crippen LogP contribution < -0.4 is 0 Å². The molecular formula is C5H2F3NO2. The number of halogens is 3. The summed E-state index contributed by atoms with van der Waals surface area (Å²) in [4.78, 5) is 12.7. The Morgan fingerprint density at radius 3 is 2.55 bits per heavy atom. The monoisotopic (exact) mass is 165 g/mol. The van der Waals surface area contributed by atoms with E-state index in [0.717, 1.165) is 0 Å².